The molecule has 1 aliphatic rings. The number of rotatable bonds is 4. The molecule has 0 fully saturated rings. The van der Waals surface area contributed by atoms with E-state index in [1.54, 1.807) is 12.1 Å². The van der Waals surface area contributed by atoms with Gasteiger partial charge in [-0.25, -0.2) is 0 Å². The largest absolute Gasteiger partial charge is 0.293 e. The van der Waals surface area contributed by atoms with E-state index in [9.17, 15) is 4.79 Å². The SMILES string of the molecule is O=C(c1ccc(Cl)cc1)[C@@H]1c2ccccc2C(c2ccccc2)=C[C@H]1c1ccccc1. The van der Waals surface area contributed by atoms with Crippen molar-refractivity contribution in [1.82, 2.24) is 0 Å². The fourth-order valence-electron chi connectivity index (χ4n) is 4.50. The smallest absolute Gasteiger partial charge is 0.171 e. The number of Topliss-reactive ketones (excluding diaryl/α,β-unsaturated/α-hetero) is 1. The lowest BCUT2D eigenvalue weighted by atomic mass is 9.69. The number of halogens is 1. The topological polar surface area (TPSA) is 17.1 Å². The molecule has 0 spiro atoms. The summed E-state index contributed by atoms with van der Waals surface area (Å²) in [6.07, 6.45) is 2.27. The highest BCUT2D eigenvalue weighted by atomic mass is 35.5. The van der Waals surface area contributed by atoms with E-state index < -0.39 is 0 Å². The zero-order valence-electron chi connectivity index (χ0n) is 16.9. The highest BCUT2D eigenvalue weighted by Crippen LogP contribution is 2.46. The summed E-state index contributed by atoms with van der Waals surface area (Å²) in [7, 11) is 0. The third-order valence-corrected chi connectivity index (χ3v) is 6.22. The summed E-state index contributed by atoms with van der Waals surface area (Å²) in [6, 6.07) is 36.2. The molecule has 0 aliphatic heterocycles. The van der Waals surface area contributed by atoms with E-state index in [2.05, 4.69) is 54.6 Å². The molecule has 2 atom stereocenters. The van der Waals surface area contributed by atoms with Gasteiger partial charge in [0.15, 0.2) is 5.78 Å². The Morgan fingerprint density at radius 1 is 0.677 bits per heavy atom. The summed E-state index contributed by atoms with van der Waals surface area (Å²) in [5.41, 5.74) is 6.34. The minimum Gasteiger partial charge on any atom is -0.293 e. The first-order chi connectivity index (χ1) is 15.2. The van der Waals surface area contributed by atoms with Crippen molar-refractivity contribution in [2.75, 3.05) is 0 Å². The first-order valence-electron chi connectivity index (χ1n) is 10.4. The van der Waals surface area contributed by atoms with E-state index >= 15 is 0 Å². The van der Waals surface area contributed by atoms with Crippen LogP contribution in [0.2, 0.25) is 5.02 Å². The second-order valence-corrected chi connectivity index (χ2v) is 8.26. The van der Waals surface area contributed by atoms with Gasteiger partial charge in [0.05, 0.1) is 5.92 Å². The molecule has 0 amide bonds. The number of carbonyl (C=O) groups excluding carboxylic acids is 1. The van der Waals surface area contributed by atoms with Crippen molar-refractivity contribution < 1.29 is 4.79 Å². The molecule has 4 aromatic rings. The van der Waals surface area contributed by atoms with Crippen LogP contribution in [0.1, 0.15) is 44.4 Å². The van der Waals surface area contributed by atoms with Gasteiger partial charge in [-0.3, -0.25) is 4.79 Å². The fraction of sp³-hybridized carbons (Fsp3) is 0.0690. The van der Waals surface area contributed by atoms with Crippen LogP contribution in [0.3, 0.4) is 0 Å². The van der Waals surface area contributed by atoms with Gasteiger partial charge in [-0.15, -0.1) is 0 Å². The van der Waals surface area contributed by atoms with E-state index in [1.807, 2.05) is 48.5 Å². The number of fused-ring (bicyclic) bond motifs is 1. The lowest BCUT2D eigenvalue weighted by Gasteiger charge is -2.32. The number of ketones is 1. The minimum absolute atomic E-state index is 0.0607. The molecule has 0 saturated heterocycles. The summed E-state index contributed by atoms with van der Waals surface area (Å²) >= 11 is 6.07. The third kappa shape index (κ3) is 3.73. The molecular weight excluding hydrogens is 400 g/mol. The van der Waals surface area contributed by atoms with E-state index in [-0.39, 0.29) is 17.6 Å². The molecular formula is C29H21ClO. The van der Waals surface area contributed by atoms with Crippen LogP contribution in [0.15, 0.2) is 115 Å². The Hall–Kier alpha value is -3.42. The molecule has 2 heteroatoms. The average molecular weight is 421 g/mol. The maximum atomic E-state index is 13.8. The standard InChI is InChI=1S/C29H21ClO/c30-23-17-15-22(16-18-23)29(31)28-25-14-8-7-13-24(25)26(20-9-3-1-4-10-20)19-27(28)21-11-5-2-6-12-21/h1-19,27-28H/t27-,28+/m0/s1. The highest BCUT2D eigenvalue weighted by Gasteiger charge is 2.36. The fourth-order valence-corrected chi connectivity index (χ4v) is 4.63. The molecule has 31 heavy (non-hydrogen) atoms. The Morgan fingerprint density at radius 3 is 2.00 bits per heavy atom. The van der Waals surface area contributed by atoms with Gasteiger partial charge < -0.3 is 0 Å². The van der Waals surface area contributed by atoms with Crippen molar-refractivity contribution in [2.24, 2.45) is 0 Å². The van der Waals surface area contributed by atoms with Crippen molar-refractivity contribution in [3.05, 3.63) is 148 Å². The molecule has 0 unspecified atom stereocenters. The highest BCUT2D eigenvalue weighted by molar-refractivity contribution is 6.30. The molecule has 1 nitrogen and oxygen atoms in total. The molecule has 150 valence electrons. The zero-order chi connectivity index (χ0) is 21.2. The van der Waals surface area contributed by atoms with Crippen LogP contribution in [0.5, 0.6) is 0 Å². The van der Waals surface area contributed by atoms with Gasteiger partial charge >= 0.3 is 0 Å². The molecule has 5 rings (SSSR count). The van der Waals surface area contributed by atoms with E-state index in [4.69, 9.17) is 11.6 Å². The predicted molar refractivity (Wildman–Crippen MR) is 128 cm³/mol. The van der Waals surface area contributed by atoms with E-state index in [0.717, 1.165) is 22.3 Å². The van der Waals surface area contributed by atoms with Gasteiger partial charge in [0.1, 0.15) is 0 Å². The van der Waals surface area contributed by atoms with Crippen molar-refractivity contribution in [3.8, 4) is 0 Å². The Morgan fingerprint density at radius 2 is 1.29 bits per heavy atom. The maximum absolute atomic E-state index is 13.8. The van der Waals surface area contributed by atoms with Crippen LogP contribution >= 0.6 is 11.6 Å². The number of hydrogen-bond donors (Lipinski definition) is 0. The quantitative estimate of drug-likeness (QED) is 0.312. The van der Waals surface area contributed by atoms with Crippen LogP contribution in [-0.2, 0) is 0 Å². The zero-order valence-corrected chi connectivity index (χ0v) is 17.7. The van der Waals surface area contributed by atoms with Crippen LogP contribution in [-0.4, -0.2) is 5.78 Å². The summed E-state index contributed by atoms with van der Waals surface area (Å²) in [5.74, 6) is -0.247. The molecule has 0 N–H and O–H groups in total. The van der Waals surface area contributed by atoms with Crippen LogP contribution in [0, 0.1) is 0 Å². The molecule has 0 aromatic heterocycles. The van der Waals surface area contributed by atoms with Gasteiger partial charge in [-0.05, 0) is 52.1 Å². The summed E-state index contributed by atoms with van der Waals surface area (Å²) in [6.45, 7) is 0. The van der Waals surface area contributed by atoms with Gasteiger partial charge in [0.25, 0.3) is 0 Å². The Bertz CT molecular complexity index is 1240. The molecule has 4 aromatic carbocycles. The number of carbonyl (C=O) groups is 1. The molecule has 0 heterocycles. The maximum Gasteiger partial charge on any atom is 0.171 e. The Balaban J connectivity index is 1.71. The Labute approximate surface area is 187 Å². The van der Waals surface area contributed by atoms with Gasteiger partial charge in [-0.2, -0.15) is 0 Å². The van der Waals surface area contributed by atoms with Crippen molar-refractivity contribution in [1.29, 1.82) is 0 Å². The van der Waals surface area contributed by atoms with Crippen LogP contribution in [0.25, 0.3) is 5.57 Å². The van der Waals surface area contributed by atoms with Gasteiger partial charge in [0, 0.05) is 16.5 Å². The predicted octanol–water partition coefficient (Wildman–Crippen LogP) is 7.54. The molecule has 1 aliphatic carbocycles. The second kappa shape index (κ2) is 8.37. The summed E-state index contributed by atoms with van der Waals surface area (Å²) in [5, 5.41) is 0.631. The van der Waals surface area contributed by atoms with Crippen molar-refractivity contribution in [2.45, 2.75) is 11.8 Å². The Kier molecular flexibility index (Phi) is 5.28. The second-order valence-electron chi connectivity index (χ2n) is 7.82. The van der Waals surface area contributed by atoms with Crippen molar-refractivity contribution >= 4 is 23.0 Å². The first kappa shape index (κ1) is 19.5. The van der Waals surface area contributed by atoms with Gasteiger partial charge in [0.2, 0.25) is 0 Å². The minimum atomic E-state index is -0.299. The number of benzene rings is 4. The lowest BCUT2D eigenvalue weighted by molar-refractivity contribution is 0.0952. The summed E-state index contributed by atoms with van der Waals surface area (Å²) in [4.78, 5) is 13.8. The van der Waals surface area contributed by atoms with E-state index in [1.165, 1.54) is 5.57 Å². The summed E-state index contributed by atoms with van der Waals surface area (Å²) < 4.78 is 0. The average Bonchev–Trinajstić information content (AvgIpc) is 2.84. The van der Waals surface area contributed by atoms with Crippen LogP contribution in [0.4, 0.5) is 0 Å². The first-order valence-corrected chi connectivity index (χ1v) is 10.8. The van der Waals surface area contributed by atoms with Crippen LogP contribution < -0.4 is 0 Å². The lowest BCUT2D eigenvalue weighted by Crippen LogP contribution is -2.24. The van der Waals surface area contributed by atoms with E-state index in [0.29, 0.717) is 10.6 Å². The number of hydrogen-bond acceptors (Lipinski definition) is 1. The molecule has 0 saturated carbocycles. The molecule has 0 radical (unpaired) electrons. The third-order valence-electron chi connectivity index (χ3n) is 5.97. The monoisotopic (exact) mass is 420 g/mol. The number of allylic oxidation sites excluding steroid dienone is 1. The normalized spacial score (nSPS) is 17.5. The van der Waals surface area contributed by atoms with Crippen molar-refractivity contribution in [3.63, 3.8) is 0 Å². The van der Waals surface area contributed by atoms with Gasteiger partial charge in [-0.1, -0.05) is 103 Å². The molecule has 0 bridgehead atoms.